The third-order valence-electron chi connectivity index (χ3n) is 4.38. The second-order valence-electron chi connectivity index (χ2n) is 6.91. The average Bonchev–Trinajstić information content (AvgIpc) is 2.59. The lowest BCUT2D eigenvalue weighted by Crippen LogP contribution is -2.53. The molecular formula is C19H28N2O3. The Balaban J connectivity index is 2.06. The number of ether oxygens (including phenoxy) is 1. The number of nitrogens with one attached hydrogen (secondary N) is 1. The summed E-state index contributed by atoms with van der Waals surface area (Å²) >= 11 is 0. The lowest BCUT2D eigenvalue weighted by Gasteiger charge is -2.32. The Kier molecular flexibility index (Phi) is 6.37. The fraction of sp³-hybridized carbons (Fsp3) is 0.579. The summed E-state index contributed by atoms with van der Waals surface area (Å²) in [7, 11) is 0. The number of morpholine rings is 1. The van der Waals surface area contributed by atoms with Crippen LogP contribution in [0, 0.1) is 5.92 Å². The van der Waals surface area contributed by atoms with Gasteiger partial charge in [-0.1, -0.05) is 39.8 Å². The Morgan fingerprint density at radius 3 is 2.12 bits per heavy atom. The third-order valence-corrected chi connectivity index (χ3v) is 4.38. The SMILES string of the molecule is CC(C)c1ccc(C(=O)NC(C(=O)N2CCOCC2)C(C)C)cc1. The van der Waals surface area contributed by atoms with Crippen molar-refractivity contribution in [1.29, 1.82) is 0 Å². The fourth-order valence-electron chi connectivity index (χ4n) is 2.74. The first-order valence-electron chi connectivity index (χ1n) is 8.67. The Morgan fingerprint density at radius 2 is 1.62 bits per heavy atom. The molecule has 0 saturated carbocycles. The predicted molar refractivity (Wildman–Crippen MR) is 94.0 cm³/mol. The molecule has 1 heterocycles. The molecule has 0 bridgehead atoms. The van der Waals surface area contributed by atoms with Crippen molar-refractivity contribution in [3.8, 4) is 0 Å². The van der Waals surface area contributed by atoms with Gasteiger partial charge in [0.1, 0.15) is 6.04 Å². The van der Waals surface area contributed by atoms with E-state index in [9.17, 15) is 9.59 Å². The van der Waals surface area contributed by atoms with Crippen molar-refractivity contribution in [1.82, 2.24) is 10.2 Å². The van der Waals surface area contributed by atoms with Crippen LogP contribution in [0.4, 0.5) is 0 Å². The van der Waals surface area contributed by atoms with Crippen molar-refractivity contribution in [2.45, 2.75) is 39.7 Å². The van der Waals surface area contributed by atoms with Crippen LogP contribution in [-0.4, -0.2) is 49.1 Å². The summed E-state index contributed by atoms with van der Waals surface area (Å²) in [6.45, 7) is 10.4. The van der Waals surface area contributed by atoms with Crippen molar-refractivity contribution in [3.63, 3.8) is 0 Å². The molecule has 1 saturated heterocycles. The van der Waals surface area contributed by atoms with E-state index in [0.29, 0.717) is 37.8 Å². The first-order chi connectivity index (χ1) is 11.4. The molecule has 0 radical (unpaired) electrons. The number of rotatable bonds is 5. The molecule has 2 amide bonds. The molecule has 24 heavy (non-hydrogen) atoms. The van der Waals surface area contributed by atoms with Crippen molar-refractivity contribution in [2.24, 2.45) is 5.92 Å². The van der Waals surface area contributed by atoms with Gasteiger partial charge in [-0.25, -0.2) is 0 Å². The van der Waals surface area contributed by atoms with Crippen LogP contribution in [0.1, 0.15) is 49.5 Å². The molecule has 2 rings (SSSR count). The van der Waals surface area contributed by atoms with Gasteiger partial charge in [0.05, 0.1) is 13.2 Å². The lowest BCUT2D eigenvalue weighted by molar-refractivity contribution is -0.138. The molecule has 1 aromatic rings. The van der Waals surface area contributed by atoms with Gasteiger partial charge in [-0.3, -0.25) is 9.59 Å². The van der Waals surface area contributed by atoms with Gasteiger partial charge >= 0.3 is 0 Å². The summed E-state index contributed by atoms with van der Waals surface area (Å²) in [6, 6.07) is 7.06. The first kappa shape index (κ1) is 18.5. The van der Waals surface area contributed by atoms with E-state index < -0.39 is 6.04 Å². The third kappa shape index (κ3) is 4.57. The van der Waals surface area contributed by atoms with Gasteiger partial charge in [-0.15, -0.1) is 0 Å². The zero-order valence-electron chi connectivity index (χ0n) is 15.0. The molecular weight excluding hydrogens is 304 g/mol. The number of carbonyl (C=O) groups is 2. The fourth-order valence-corrected chi connectivity index (χ4v) is 2.74. The normalized spacial score (nSPS) is 16.3. The van der Waals surface area contributed by atoms with E-state index in [1.165, 1.54) is 5.56 Å². The smallest absolute Gasteiger partial charge is 0.251 e. The number of benzene rings is 1. The maximum absolute atomic E-state index is 12.7. The van der Waals surface area contributed by atoms with E-state index in [4.69, 9.17) is 4.74 Å². The maximum atomic E-state index is 12.7. The standard InChI is InChI=1S/C19H28N2O3/c1-13(2)15-5-7-16(8-6-15)18(22)20-17(14(3)4)19(23)21-9-11-24-12-10-21/h5-8,13-14,17H,9-12H2,1-4H3,(H,20,22). The van der Waals surface area contributed by atoms with Gasteiger partial charge in [0, 0.05) is 18.7 Å². The summed E-state index contributed by atoms with van der Waals surface area (Å²) in [4.78, 5) is 27.0. The highest BCUT2D eigenvalue weighted by atomic mass is 16.5. The van der Waals surface area contributed by atoms with Gasteiger partial charge in [0.15, 0.2) is 0 Å². The molecule has 1 fully saturated rings. The average molecular weight is 332 g/mol. The minimum absolute atomic E-state index is 0.0271. The summed E-state index contributed by atoms with van der Waals surface area (Å²) in [5.41, 5.74) is 1.77. The van der Waals surface area contributed by atoms with Crippen LogP contribution in [-0.2, 0) is 9.53 Å². The van der Waals surface area contributed by atoms with E-state index in [-0.39, 0.29) is 17.7 Å². The molecule has 0 aliphatic carbocycles. The number of nitrogens with zero attached hydrogens (tertiary/aromatic N) is 1. The molecule has 1 aliphatic heterocycles. The highest BCUT2D eigenvalue weighted by Gasteiger charge is 2.29. The Morgan fingerprint density at radius 1 is 1.04 bits per heavy atom. The highest BCUT2D eigenvalue weighted by molar-refractivity contribution is 5.97. The molecule has 132 valence electrons. The molecule has 5 nitrogen and oxygen atoms in total. The number of hydrogen-bond donors (Lipinski definition) is 1. The second kappa shape index (κ2) is 8.29. The van der Waals surface area contributed by atoms with E-state index in [0.717, 1.165) is 0 Å². The van der Waals surface area contributed by atoms with Crippen molar-refractivity contribution < 1.29 is 14.3 Å². The van der Waals surface area contributed by atoms with Gasteiger partial charge in [-0.2, -0.15) is 0 Å². The van der Waals surface area contributed by atoms with Crippen LogP contribution in [0.2, 0.25) is 0 Å². The van der Waals surface area contributed by atoms with Gasteiger partial charge < -0.3 is 15.0 Å². The topological polar surface area (TPSA) is 58.6 Å². The highest BCUT2D eigenvalue weighted by Crippen LogP contribution is 2.15. The molecule has 0 aromatic heterocycles. The quantitative estimate of drug-likeness (QED) is 0.901. The number of carbonyl (C=O) groups excluding carboxylic acids is 2. The number of hydrogen-bond acceptors (Lipinski definition) is 3. The van der Waals surface area contributed by atoms with Gasteiger partial charge in [0.25, 0.3) is 5.91 Å². The molecule has 1 aliphatic rings. The van der Waals surface area contributed by atoms with Crippen molar-refractivity contribution in [2.75, 3.05) is 26.3 Å². The van der Waals surface area contributed by atoms with Crippen LogP contribution in [0.25, 0.3) is 0 Å². The molecule has 0 spiro atoms. The van der Waals surface area contributed by atoms with Gasteiger partial charge in [-0.05, 0) is 29.5 Å². The Hall–Kier alpha value is -1.88. The lowest BCUT2D eigenvalue weighted by atomic mass is 10.00. The van der Waals surface area contributed by atoms with Crippen LogP contribution < -0.4 is 5.32 Å². The Bertz CT molecular complexity index is 560. The monoisotopic (exact) mass is 332 g/mol. The molecule has 1 aromatic carbocycles. The second-order valence-corrected chi connectivity index (χ2v) is 6.91. The largest absolute Gasteiger partial charge is 0.378 e. The molecule has 1 atom stereocenters. The van der Waals surface area contributed by atoms with E-state index in [2.05, 4.69) is 19.2 Å². The predicted octanol–water partition coefficient (Wildman–Crippen LogP) is 2.42. The van der Waals surface area contributed by atoms with E-state index in [1.54, 1.807) is 4.90 Å². The van der Waals surface area contributed by atoms with E-state index in [1.807, 2.05) is 38.1 Å². The summed E-state index contributed by atoms with van der Waals surface area (Å²) in [5.74, 6) is 0.221. The Labute approximate surface area is 144 Å². The maximum Gasteiger partial charge on any atom is 0.251 e. The van der Waals surface area contributed by atoms with Crippen LogP contribution in [0.3, 0.4) is 0 Å². The molecule has 1 N–H and O–H groups in total. The zero-order chi connectivity index (χ0) is 17.7. The summed E-state index contributed by atoms with van der Waals surface area (Å²) in [6.07, 6.45) is 0. The number of amides is 2. The van der Waals surface area contributed by atoms with E-state index >= 15 is 0 Å². The van der Waals surface area contributed by atoms with Crippen molar-refractivity contribution >= 4 is 11.8 Å². The van der Waals surface area contributed by atoms with Crippen molar-refractivity contribution in [3.05, 3.63) is 35.4 Å². The summed E-state index contributed by atoms with van der Waals surface area (Å²) < 4.78 is 5.29. The zero-order valence-corrected chi connectivity index (χ0v) is 15.0. The van der Waals surface area contributed by atoms with Crippen LogP contribution in [0.15, 0.2) is 24.3 Å². The minimum Gasteiger partial charge on any atom is -0.378 e. The van der Waals surface area contributed by atoms with Crippen LogP contribution >= 0.6 is 0 Å². The minimum atomic E-state index is -0.514. The van der Waals surface area contributed by atoms with Gasteiger partial charge in [0.2, 0.25) is 5.91 Å². The van der Waals surface area contributed by atoms with Crippen LogP contribution in [0.5, 0.6) is 0 Å². The first-order valence-corrected chi connectivity index (χ1v) is 8.67. The molecule has 1 unspecified atom stereocenters. The molecule has 5 heteroatoms. The summed E-state index contributed by atoms with van der Waals surface area (Å²) in [5, 5.41) is 2.91.